The van der Waals surface area contributed by atoms with Gasteiger partial charge >= 0.3 is 5.97 Å². The molecular formula is C14H10N2O4. The normalized spacial score (nSPS) is 25.3. The summed E-state index contributed by atoms with van der Waals surface area (Å²) in [6.07, 6.45) is 2.77. The van der Waals surface area contributed by atoms with Gasteiger partial charge in [0.2, 0.25) is 5.88 Å². The monoisotopic (exact) mass is 270 g/mol. The van der Waals surface area contributed by atoms with E-state index in [4.69, 9.17) is 14.6 Å². The summed E-state index contributed by atoms with van der Waals surface area (Å²) in [6, 6.07) is 7.06. The van der Waals surface area contributed by atoms with E-state index in [2.05, 4.69) is 9.97 Å². The lowest BCUT2D eigenvalue weighted by Gasteiger charge is -2.09. The minimum Gasteiger partial charge on any atom is -0.489 e. The first kappa shape index (κ1) is 11.2. The van der Waals surface area contributed by atoms with Gasteiger partial charge in [-0.25, -0.2) is 9.97 Å². The first-order valence-corrected chi connectivity index (χ1v) is 6.21. The van der Waals surface area contributed by atoms with Crippen molar-refractivity contribution in [2.45, 2.75) is 12.0 Å². The van der Waals surface area contributed by atoms with Crippen LogP contribution in [0.25, 0.3) is 0 Å². The summed E-state index contributed by atoms with van der Waals surface area (Å²) in [5.74, 6) is 0.497. The molecule has 6 heteroatoms. The number of hydrogen-bond donors (Lipinski definition) is 1. The fraction of sp³-hybridized carbons (Fsp3) is 0.214. The van der Waals surface area contributed by atoms with Crippen molar-refractivity contribution in [3.63, 3.8) is 0 Å². The van der Waals surface area contributed by atoms with Crippen molar-refractivity contribution in [2.24, 2.45) is 5.92 Å². The van der Waals surface area contributed by atoms with Crippen molar-refractivity contribution in [3.05, 3.63) is 42.4 Å². The molecule has 2 aliphatic rings. The second-order valence-electron chi connectivity index (χ2n) is 4.82. The highest BCUT2D eigenvalue weighted by atomic mass is 16.5. The predicted molar refractivity (Wildman–Crippen MR) is 66.8 cm³/mol. The van der Waals surface area contributed by atoms with Gasteiger partial charge in [-0.15, -0.1) is 0 Å². The van der Waals surface area contributed by atoms with Crippen LogP contribution in [0.1, 0.15) is 11.5 Å². The Hall–Kier alpha value is -2.63. The molecular weight excluding hydrogens is 260 g/mol. The summed E-state index contributed by atoms with van der Waals surface area (Å²) < 4.78 is 11.2. The van der Waals surface area contributed by atoms with Crippen LogP contribution < -0.4 is 9.47 Å². The Morgan fingerprint density at radius 3 is 3.00 bits per heavy atom. The van der Waals surface area contributed by atoms with Crippen LogP contribution in [-0.4, -0.2) is 27.1 Å². The van der Waals surface area contributed by atoms with Crippen molar-refractivity contribution in [3.8, 4) is 17.4 Å². The Bertz CT molecular complexity index is 689. The van der Waals surface area contributed by atoms with E-state index in [0.29, 0.717) is 11.6 Å². The van der Waals surface area contributed by atoms with Gasteiger partial charge in [-0.3, -0.25) is 4.79 Å². The summed E-state index contributed by atoms with van der Waals surface area (Å²) >= 11 is 0. The number of carboxylic acids is 1. The number of hydrogen-bond acceptors (Lipinski definition) is 5. The third-order valence-electron chi connectivity index (χ3n) is 3.62. The number of aromatic nitrogens is 2. The van der Waals surface area contributed by atoms with Crippen LogP contribution in [0.15, 0.2) is 36.8 Å². The number of carbonyl (C=O) groups is 1. The van der Waals surface area contributed by atoms with Gasteiger partial charge < -0.3 is 14.6 Å². The van der Waals surface area contributed by atoms with Crippen LogP contribution in [0.2, 0.25) is 0 Å². The molecule has 0 radical (unpaired) electrons. The van der Waals surface area contributed by atoms with E-state index in [1.165, 1.54) is 6.33 Å². The summed E-state index contributed by atoms with van der Waals surface area (Å²) in [6.45, 7) is 0. The number of nitrogens with zero attached hydrogens (tertiary/aromatic N) is 2. The lowest BCUT2D eigenvalue weighted by Crippen LogP contribution is -2.08. The summed E-state index contributed by atoms with van der Waals surface area (Å²) in [5.41, 5.74) is 0.897. The number of benzene rings is 1. The summed E-state index contributed by atoms with van der Waals surface area (Å²) in [4.78, 5) is 18.8. The van der Waals surface area contributed by atoms with Gasteiger partial charge in [0.25, 0.3) is 0 Å². The van der Waals surface area contributed by atoms with Crippen LogP contribution in [0, 0.1) is 5.92 Å². The number of aliphatic carboxylic acids is 1. The van der Waals surface area contributed by atoms with Crippen LogP contribution in [0.4, 0.5) is 0 Å². The van der Waals surface area contributed by atoms with Crippen LogP contribution in [0.5, 0.6) is 17.4 Å². The molecule has 1 aliphatic heterocycles. The second kappa shape index (κ2) is 3.93. The maximum absolute atomic E-state index is 11.0. The van der Waals surface area contributed by atoms with E-state index >= 15 is 0 Å². The topological polar surface area (TPSA) is 81.5 Å². The van der Waals surface area contributed by atoms with Gasteiger partial charge in [-0.2, -0.15) is 0 Å². The van der Waals surface area contributed by atoms with Gasteiger partial charge in [0.1, 0.15) is 29.8 Å². The molecule has 0 bridgehead atoms. The van der Waals surface area contributed by atoms with Gasteiger partial charge in [0.15, 0.2) is 0 Å². The fourth-order valence-corrected chi connectivity index (χ4v) is 2.66. The van der Waals surface area contributed by atoms with Gasteiger partial charge in [0, 0.05) is 23.7 Å². The number of rotatable bonds is 3. The molecule has 0 saturated heterocycles. The molecule has 6 nitrogen and oxygen atoms in total. The molecule has 1 aromatic carbocycles. The molecule has 20 heavy (non-hydrogen) atoms. The van der Waals surface area contributed by atoms with Crippen molar-refractivity contribution in [2.75, 3.05) is 0 Å². The lowest BCUT2D eigenvalue weighted by atomic mass is 10.1. The Morgan fingerprint density at radius 1 is 1.35 bits per heavy atom. The van der Waals surface area contributed by atoms with Crippen molar-refractivity contribution >= 4 is 5.97 Å². The van der Waals surface area contributed by atoms with Gasteiger partial charge in [0.05, 0.1) is 0 Å². The molecule has 100 valence electrons. The molecule has 2 heterocycles. The van der Waals surface area contributed by atoms with E-state index in [0.717, 1.165) is 11.3 Å². The molecule has 1 saturated carbocycles. The number of ether oxygens (including phenoxy) is 2. The quantitative estimate of drug-likeness (QED) is 0.916. The minimum atomic E-state index is -0.812. The van der Waals surface area contributed by atoms with Crippen LogP contribution >= 0.6 is 0 Å². The fourth-order valence-electron chi connectivity index (χ4n) is 2.66. The average Bonchev–Trinajstić information content (AvgIpc) is 3.05. The largest absolute Gasteiger partial charge is 0.489 e. The molecule has 3 unspecified atom stereocenters. The zero-order chi connectivity index (χ0) is 13.7. The molecule has 1 aliphatic carbocycles. The smallest absolute Gasteiger partial charge is 0.311 e. The van der Waals surface area contributed by atoms with E-state index in [9.17, 15) is 4.79 Å². The lowest BCUT2D eigenvalue weighted by molar-refractivity contribution is -0.139. The molecule has 1 N–H and O–H groups in total. The highest BCUT2D eigenvalue weighted by molar-refractivity contribution is 5.79. The molecule has 2 aromatic rings. The summed E-state index contributed by atoms with van der Waals surface area (Å²) in [7, 11) is 0. The third kappa shape index (κ3) is 1.61. The molecule has 3 atom stereocenters. The minimum absolute atomic E-state index is 0.0588. The van der Waals surface area contributed by atoms with Crippen LogP contribution in [0.3, 0.4) is 0 Å². The van der Waals surface area contributed by atoms with Crippen molar-refractivity contribution in [1.82, 2.24) is 9.97 Å². The maximum Gasteiger partial charge on any atom is 0.311 e. The van der Waals surface area contributed by atoms with Crippen LogP contribution in [-0.2, 0) is 4.79 Å². The Labute approximate surface area is 114 Å². The Balaban J connectivity index is 1.61. The zero-order valence-corrected chi connectivity index (χ0v) is 10.3. The summed E-state index contributed by atoms with van der Waals surface area (Å²) in [5, 5.41) is 9.06. The number of carboxylic acid groups (broad SMARTS) is 1. The highest BCUT2D eigenvalue weighted by Gasteiger charge is 2.63. The van der Waals surface area contributed by atoms with E-state index < -0.39 is 11.9 Å². The first-order valence-electron chi connectivity index (χ1n) is 6.21. The second-order valence-corrected chi connectivity index (χ2v) is 4.82. The Morgan fingerprint density at radius 2 is 2.25 bits per heavy atom. The zero-order valence-electron chi connectivity index (χ0n) is 10.3. The molecule has 1 aromatic heterocycles. The molecule has 0 amide bonds. The van der Waals surface area contributed by atoms with E-state index in [1.54, 1.807) is 24.4 Å². The first-order chi connectivity index (χ1) is 9.74. The predicted octanol–water partition coefficient (Wildman–Crippen LogP) is 1.83. The maximum atomic E-state index is 11.0. The standard InChI is InChI=1S/C14H10N2O4/c17-14(18)12-11-8-5-7(1-2-9(8)20-13(11)12)19-10-3-4-15-6-16-10/h1-6,11-13H,(H,17,18). The molecule has 1 fully saturated rings. The highest BCUT2D eigenvalue weighted by Crippen LogP contribution is 2.58. The van der Waals surface area contributed by atoms with E-state index in [1.807, 2.05) is 6.07 Å². The Kier molecular flexibility index (Phi) is 2.20. The molecule has 4 rings (SSSR count). The third-order valence-corrected chi connectivity index (χ3v) is 3.62. The van der Waals surface area contributed by atoms with Gasteiger partial charge in [-0.1, -0.05) is 0 Å². The number of fused-ring (bicyclic) bond motifs is 3. The SMILES string of the molecule is O=C(O)C1C2Oc3ccc(Oc4ccncn4)cc3C21. The van der Waals surface area contributed by atoms with Crippen molar-refractivity contribution in [1.29, 1.82) is 0 Å². The van der Waals surface area contributed by atoms with Crippen molar-refractivity contribution < 1.29 is 19.4 Å². The average molecular weight is 270 g/mol. The van der Waals surface area contributed by atoms with Gasteiger partial charge in [-0.05, 0) is 18.2 Å². The van der Waals surface area contributed by atoms with E-state index in [-0.39, 0.29) is 12.0 Å². The molecule has 0 spiro atoms.